The van der Waals surface area contributed by atoms with Gasteiger partial charge in [-0.25, -0.2) is 4.98 Å². The minimum absolute atomic E-state index is 0.428. The third-order valence-corrected chi connectivity index (χ3v) is 4.58. The second-order valence-electron chi connectivity index (χ2n) is 6.07. The minimum Gasteiger partial charge on any atom is -0.377 e. The van der Waals surface area contributed by atoms with Crippen LogP contribution in [0.2, 0.25) is 0 Å². The SMILES string of the molecule is Cc1noc2ncnc(N3CCN(C[C@@H]4CCCO4)CC3)c12. The predicted octanol–water partition coefficient (Wildman–Crippen LogP) is 1.23. The highest BCUT2D eigenvalue weighted by Crippen LogP contribution is 2.26. The fourth-order valence-corrected chi connectivity index (χ4v) is 3.36. The Morgan fingerprint density at radius 2 is 2.09 bits per heavy atom. The molecule has 4 rings (SSSR count). The molecule has 22 heavy (non-hydrogen) atoms. The first-order valence-electron chi connectivity index (χ1n) is 7.97. The molecule has 0 amide bonds. The Balaban J connectivity index is 1.45. The van der Waals surface area contributed by atoms with E-state index in [4.69, 9.17) is 9.26 Å². The zero-order valence-electron chi connectivity index (χ0n) is 12.9. The van der Waals surface area contributed by atoms with Crippen LogP contribution in [0.25, 0.3) is 11.1 Å². The van der Waals surface area contributed by atoms with Gasteiger partial charge in [0, 0.05) is 39.3 Å². The lowest BCUT2D eigenvalue weighted by Gasteiger charge is -2.36. The van der Waals surface area contributed by atoms with E-state index in [-0.39, 0.29) is 0 Å². The molecule has 0 bridgehead atoms. The predicted molar refractivity (Wildman–Crippen MR) is 82.0 cm³/mol. The molecule has 0 spiro atoms. The second-order valence-corrected chi connectivity index (χ2v) is 6.07. The molecule has 0 aromatic carbocycles. The van der Waals surface area contributed by atoms with Gasteiger partial charge in [-0.3, -0.25) is 4.90 Å². The van der Waals surface area contributed by atoms with E-state index in [1.807, 2.05) is 6.92 Å². The van der Waals surface area contributed by atoms with E-state index in [1.54, 1.807) is 6.33 Å². The molecule has 0 radical (unpaired) electrons. The monoisotopic (exact) mass is 303 g/mol. The summed E-state index contributed by atoms with van der Waals surface area (Å²) in [4.78, 5) is 13.4. The van der Waals surface area contributed by atoms with Crippen molar-refractivity contribution in [1.29, 1.82) is 0 Å². The average Bonchev–Trinajstić information content (AvgIpc) is 3.18. The summed E-state index contributed by atoms with van der Waals surface area (Å²) in [6, 6.07) is 0. The molecule has 118 valence electrons. The first kappa shape index (κ1) is 13.9. The van der Waals surface area contributed by atoms with Gasteiger partial charge in [0.15, 0.2) is 0 Å². The zero-order chi connectivity index (χ0) is 14.9. The fraction of sp³-hybridized carbons (Fsp3) is 0.667. The van der Waals surface area contributed by atoms with Crippen LogP contribution in [0, 0.1) is 6.92 Å². The number of anilines is 1. The molecule has 1 atom stereocenters. The Bertz CT molecular complexity index is 644. The lowest BCUT2D eigenvalue weighted by molar-refractivity contribution is 0.0712. The Morgan fingerprint density at radius 1 is 1.23 bits per heavy atom. The number of hydrogen-bond acceptors (Lipinski definition) is 7. The molecule has 4 heterocycles. The maximum Gasteiger partial charge on any atom is 0.263 e. The van der Waals surface area contributed by atoms with Crippen molar-refractivity contribution in [1.82, 2.24) is 20.0 Å². The quantitative estimate of drug-likeness (QED) is 0.844. The van der Waals surface area contributed by atoms with Gasteiger partial charge in [0.2, 0.25) is 0 Å². The first-order chi connectivity index (χ1) is 10.8. The van der Waals surface area contributed by atoms with Crippen LogP contribution in [0.3, 0.4) is 0 Å². The molecule has 2 fully saturated rings. The maximum atomic E-state index is 5.73. The van der Waals surface area contributed by atoms with Crippen molar-refractivity contribution in [3.05, 3.63) is 12.0 Å². The average molecular weight is 303 g/mol. The summed E-state index contributed by atoms with van der Waals surface area (Å²) in [5.74, 6) is 0.945. The van der Waals surface area contributed by atoms with E-state index in [2.05, 4.69) is 24.9 Å². The van der Waals surface area contributed by atoms with Crippen LogP contribution < -0.4 is 4.90 Å². The topological polar surface area (TPSA) is 67.5 Å². The summed E-state index contributed by atoms with van der Waals surface area (Å²) in [5, 5.41) is 4.94. The standard InChI is InChI=1S/C15H21N5O2/c1-11-13-14(16-10-17-15(13)22-18-11)20-6-4-19(5-7-20)9-12-3-2-8-21-12/h10,12H,2-9H2,1H3/t12-/m0/s1. The van der Waals surface area contributed by atoms with Crippen LogP contribution >= 0.6 is 0 Å². The first-order valence-corrected chi connectivity index (χ1v) is 7.97. The highest BCUT2D eigenvalue weighted by atomic mass is 16.5. The van der Waals surface area contributed by atoms with E-state index < -0.39 is 0 Å². The van der Waals surface area contributed by atoms with E-state index in [1.165, 1.54) is 12.8 Å². The van der Waals surface area contributed by atoms with Crippen LogP contribution in [0.4, 0.5) is 5.82 Å². The summed E-state index contributed by atoms with van der Waals surface area (Å²) in [5.41, 5.74) is 1.43. The lowest BCUT2D eigenvalue weighted by Crippen LogP contribution is -2.48. The molecule has 2 aromatic rings. The van der Waals surface area contributed by atoms with Crippen molar-refractivity contribution >= 4 is 16.9 Å². The molecular formula is C15H21N5O2. The maximum absolute atomic E-state index is 5.73. The molecule has 0 unspecified atom stereocenters. The molecule has 2 aliphatic rings. The number of hydrogen-bond donors (Lipinski definition) is 0. The summed E-state index contributed by atoms with van der Waals surface area (Å²) in [6.45, 7) is 7.92. The fourth-order valence-electron chi connectivity index (χ4n) is 3.36. The summed E-state index contributed by atoms with van der Waals surface area (Å²) < 4.78 is 11.0. The van der Waals surface area contributed by atoms with E-state index in [0.717, 1.165) is 56.2 Å². The van der Waals surface area contributed by atoms with Gasteiger partial charge in [-0.2, -0.15) is 4.98 Å². The van der Waals surface area contributed by atoms with Gasteiger partial charge in [-0.1, -0.05) is 5.16 Å². The highest BCUT2D eigenvalue weighted by molar-refractivity contribution is 5.87. The lowest BCUT2D eigenvalue weighted by atomic mass is 10.2. The molecule has 7 heteroatoms. The van der Waals surface area contributed by atoms with E-state index in [0.29, 0.717) is 11.8 Å². The van der Waals surface area contributed by atoms with Crippen molar-refractivity contribution in [3.63, 3.8) is 0 Å². The van der Waals surface area contributed by atoms with Gasteiger partial charge in [-0.05, 0) is 19.8 Å². The second kappa shape index (κ2) is 5.81. The Morgan fingerprint density at radius 3 is 2.86 bits per heavy atom. The van der Waals surface area contributed by atoms with Crippen molar-refractivity contribution in [2.24, 2.45) is 0 Å². The third kappa shape index (κ3) is 2.55. The van der Waals surface area contributed by atoms with Crippen molar-refractivity contribution in [3.8, 4) is 0 Å². The molecule has 2 saturated heterocycles. The molecule has 2 aliphatic heterocycles. The van der Waals surface area contributed by atoms with Crippen LogP contribution in [0.15, 0.2) is 10.9 Å². The molecule has 7 nitrogen and oxygen atoms in total. The third-order valence-electron chi connectivity index (χ3n) is 4.58. The molecule has 0 N–H and O–H groups in total. The molecule has 2 aromatic heterocycles. The zero-order valence-corrected chi connectivity index (χ0v) is 12.9. The van der Waals surface area contributed by atoms with Gasteiger partial charge in [0.25, 0.3) is 5.71 Å². The van der Waals surface area contributed by atoms with Gasteiger partial charge in [0.1, 0.15) is 17.5 Å². The minimum atomic E-state index is 0.428. The van der Waals surface area contributed by atoms with Gasteiger partial charge in [-0.15, -0.1) is 0 Å². The van der Waals surface area contributed by atoms with Gasteiger partial charge >= 0.3 is 0 Å². The summed E-state index contributed by atoms with van der Waals surface area (Å²) in [6.07, 6.45) is 4.39. The molecular weight excluding hydrogens is 282 g/mol. The molecule has 0 saturated carbocycles. The van der Waals surface area contributed by atoms with Crippen LogP contribution in [0.1, 0.15) is 18.5 Å². The largest absolute Gasteiger partial charge is 0.377 e. The summed E-state index contributed by atoms with van der Waals surface area (Å²) >= 11 is 0. The van der Waals surface area contributed by atoms with Crippen molar-refractivity contribution in [2.45, 2.75) is 25.9 Å². The van der Waals surface area contributed by atoms with E-state index >= 15 is 0 Å². The number of fused-ring (bicyclic) bond motifs is 1. The number of rotatable bonds is 3. The smallest absolute Gasteiger partial charge is 0.263 e. The highest BCUT2D eigenvalue weighted by Gasteiger charge is 2.25. The number of nitrogens with zero attached hydrogens (tertiary/aromatic N) is 5. The van der Waals surface area contributed by atoms with Crippen molar-refractivity contribution < 1.29 is 9.26 Å². The van der Waals surface area contributed by atoms with Gasteiger partial charge in [0.05, 0.1) is 11.8 Å². The Hall–Kier alpha value is -1.73. The van der Waals surface area contributed by atoms with Crippen molar-refractivity contribution in [2.75, 3.05) is 44.2 Å². The van der Waals surface area contributed by atoms with E-state index in [9.17, 15) is 0 Å². The summed E-state index contributed by atoms with van der Waals surface area (Å²) in [7, 11) is 0. The molecule has 0 aliphatic carbocycles. The number of piperazine rings is 1. The van der Waals surface area contributed by atoms with Crippen LogP contribution in [-0.4, -0.2) is 65.5 Å². The van der Waals surface area contributed by atoms with Gasteiger partial charge < -0.3 is 14.2 Å². The number of aromatic nitrogens is 3. The normalized spacial score (nSPS) is 23.5. The van der Waals surface area contributed by atoms with Crippen LogP contribution in [-0.2, 0) is 4.74 Å². The Labute approximate surface area is 129 Å². The van der Waals surface area contributed by atoms with Crippen LogP contribution in [0.5, 0.6) is 0 Å². The Kier molecular flexibility index (Phi) is 3.67. The number of ether oxygens (including phenoxy) is 1. The number of aryl methyl sites for hydroxylation is 1.